The van der Waals surface area contributed by atoms with E-state index < -0.39 is 45.5 Å². The molecule has 3 fully saturated rings. The minimum Gasteiger partial charge on any atom is -0.393 e. The zero-order valence-corrected chi connectivity index (χ0v) is 31.2. The largest absolute Gasteiger partial charge is 0.416 e. The van der Waals surface area contributed by atoms with Gasteiger partial charge in [-0.25, -0.2) is 4.79 Å². The maximum atomic E-state index is 14.8. The summed E-state index contributed by atoms with van der Waals surface area (Å²) >= 11 is 0. The number of aliphatic hydroxyl groups excluding tert-OH is 1. The first kappa shape index (κ1) is 37.8. The van der Waals surface area contributed by atoms with Gasteiger partial charge in [-0.3, -0.25) is 4.79 Å². The minimum atomic E-state index is -4.60. The van der Waals surface area contributed by atoms with Gasteiger partial charge in [0.1, 0.15) is 0 Å². The van der Waals surface area contributed by atoms with E-state index in [9.17, 15) is 33.0 Å². The van der Waals surface area contributed by atoms with Gasteiger partial charge in [-0.1, -0.05) is 74.5 Å². The molecule has 2 aromatic carbocycles. The van der Waals surface area contributed by atoms with Crippen molar-refractivity contribution in [2.45, 2.75) is 96.1 Å². The van der Waals surface area contributed by atoms with Crippen LogP contribution in [0.15, 0.2) is 78.4 Å². The molecular weight excluding hydrogens is 681 g/mol. The summed E-state index contributed by atoms with van der Waals surface area (Å²) in [7, 11) is 1.62. The third-order valence-corrected chi connectivity index (χ3v) is 14.6. The third kappa shape index (κ3) is 5.89. The molecule has 0 aliphatic heterocycles. The molecule has 0 aromatic heterocycles. The lowest BCUT2D eigenvalue weighted by molar-refractivity contribution is -0.174. The molecule has 2 aromatic rings. The number of benzene rings is 2. The molecular formula is C43H53F3N2O5. The Morgan fingerprint density at radius 3 is 2.40 bits per heavy atom. The lowest BCUT2D eigenvalue weighted by Gasteiger charge is -2.71. The van der Waals surface area contributed by atoms with Crippen LogP contribution in [-0.4, -0.2) is 65.4 Å². The van der Waals surface area contributed by atoms with E-state index in [0.29, 0.717) is 63.7 Å². The van der Waals surface area contributed by atoms with Crippen molar-refractivity contribution in [3.8, 4) is 0 Å². The number of hydrogen-bond donors (Lipinski definition) is 3. The van der Waals surface area contributed by atoms with Gasteiger partial charge in [-0.15, -0.1) is 0 Å². The summed E-state index contributed by atoms with van der Waals surface area (Å²) < 4.78 is 47.0. The van der Waals surface area contributed by atoms with Crippen LogP contribution in [0, 0.1) is 33.5 Å². The average molecular weight is 735 g/mol. The summed E-state index contributed by atoms with van der Waals surface area (Å²) in [6.07, 6.45) is 5.96. The highest BCUT2D eigenvalue weighted by atomic mass is 19.4. The molecule has 0 saturated heterocycles. The summed E-state index contributed by atoms with van der Waals surface area (Å²) in [5, 5.41) is 27.0. The monoisotopic (exact) mass is 734 g/mol. The summed E-state index contributed by atoms with van der Waals surface area (Å²) in [4.78, 5) is 30.5. The number of nitrogens with one attached hydrogen (secondary N) is 1. The quantitative estimate of drug-likeness (QED) is 0.130. The van der Waals surface area contributed by atoms with E-state index in [-0.39, 0.29) is 41.4 Å². The molecule has 8 rings (SSSR count). The smallest absolute Gasteiger partial charge is 0.393 e. The third-order valence-electron chi connectivity index (χ3n) is 14.6. The molecule has 10 heteroatoms. The number of allylic oxidation sites excluding steroid dienone is 4. The first-order chi connectivity index (χ1) is 25.0. The van der Waals surface area contributed by atoms with Crippen molar-refractivity contribution in [1.29, 1.82) is 0 Å². The van der Waals surface area contributed by atoms with Crippen molar-refractivity contribution >= 4 is 11.8 Å². The number of rotatable bonds is 10. The Labute approximate surface area is 310 Å². The highest BCUT2D eigenvalue weighted by Crippen LogP contribution is 2.78. The Morgan fingerprint density at radius 2 is 1.68 bits per heavy atom. The number of methoxy groups -OCH3 is 1. The number of carbonyl (C=O) groups is 2. The van der Waals surface area contributed by atoms with Crippen molar-refractivity contribution in [1.82, 2.24) is 10.2 Å². The van der Waals surface area contributed by atoms with Crippen LogP contribution >= 0.6 is 0 Å². The molecule has 2 amide bonds. The second-order valence-electron chi connectivity index (χ2n) is 17.1. The van der Waals surface area contributed by atoms with Crippen LogP contribution in [0.5, 0.6) is 0 Å². The maximum Gasteiger partial charge on any atom is 0.416 e. The molecule has 2 bridgehead atoms. The highest BCUT2D eigenvalue weighted by molar-refractivity contribution is 6.10. The normalized spacial score (nSPS) is 36.2. The van der Waals surface area contributed by atoms with E-state index in [4.69, 9.17) is 4.74 Å². The molecule has 9 atom stereocenters. The van der Waals surface area contributed by atoms with Gasteiger partial charge in [0, 0.05) is 47.6 Å². The van der Waals surface area contributed by atoms with E-state index in [1.807, 2.05) is 43.3 Å². The SMILES string of the molecule is COCCCN(C[C@]1(O)CC[C@H]2[C@]34C=C[C@@]5(C=C3C(=O)c3cccc(C(F)(F)F)c3)CC(O)CC[C@]5(C)[C@H]4CC[C@@]21C)C(=O)N[C@H](C)c1ccccc1. The molecule has 286 valence electrons. The molecule has 3 saturated carbocycles. The summed E-state index contributed by atoms with van der Waals surface area (Å²) in [6.45, 7) is 7.21. The molecule has 7 nitrogen and oxygen atoms in total. The first-order valence-electron chi connectivity index (χ1n) is 19.2. The van der Waals surface area contributed by atoms with Gasteiger partial charge in [0.25, 0.3) is 0 Å². The van der Waals surface area contributed by atoms with Gasteiger partial charge in [-0.2, -0.15) is 13.2 Å². The van der Waals surface area contributed by atoms with Crippen LogP contribution in [0.25, 0.3) is 0 Å². The number of carbonyl (C=O) groups excluding carboxylic acids is 2. The van der Waals surface area contributed by atoms with E-state index in [2.05, 4.69) is 31.3 Å². The van der Waals surface area contributed by atoms with Crippen LogP contribution in [0.3, 0.4) is 0 Å². The minimum absolute atomic E-state index is 0.0105. The molecule has 1 unspecified atom stereocenters. The van der Waals surface area contributed by atoms with Crippen molar-refractivity contribution in [2.24, 2.45) is 33.5 Å². The number of Topliss-reactive ketones (excluding diaryl/α,β-unsaturated/α-hetero) is 1. The van der Waals surface area contributed by atoms with Crippen molar-refractivity contribution in [3.63, 3.8) is 0 Å². The van der Waals surface area contributed by atoms with Crippen molar-refractivity contribution < 1.29 is 37.7 Å². The fourth-order valence-electron chi connectivity index (χ4n) is 11.7. The van der Waals surface area contributed by atoms with Crippen LogP contribution in [0.2, 0.25) is 0 Å². The molecule has 6 aliphatic carbocycles. The standard InChI is InChI=1S/C43H53F3N2O5/c1-28(29-10-6-5-7-11-29)47-37(51)48(22-9-23-53-4)27-41(52)19-16-35-39(41,3)18-15-34-38(2)17-14-32(49)25-40(38)20-21-42(34,35)33(26-40)36(50)30-12-8-13-31(24-30)43(44,45)46/h5-8,10-13,20-21,24,26,28,32,34-35,49,52H,9,14-19,22-23,25,27H2,1-4H3,(H,47,51)/t28-,32?,34-,35-,38-,39+,40+,41-,42-/m1/s1. The van der Waals surface area contributed by atoms with Crippen molar-refractivity contribution in [2.75, 3.05) is 26.8 Å². The number of ether oxygens (including phenoxy) is 1. The number of amides is 2. The average Bonchev–Trinajstić information content (AvgIpc) is 3.40. The van der Waals surface area contributed by atoms with Crippen LogP contribution in [-0.2, 0) is 10.9 Å². The zero-order chi connectivity index (χ0) is 38.0. The van der Waals surface area contributed by atoms with Gasteiger partial charge in [0.05, 0.1) is 29.9 Å². The van der Waals surface area contributed by atoms with Crippen LogP contribution in [0.1, 0.15) is 99.7 Å². The fraction of sp³-hybridized carbons (Fsp3) is 0.581. The van der Waals surface area contributed by atoms with Gasteiger partial charge in [-0.05, 0) is 93.2 Å². The molecule has 0 heterocycles. The van der Waals surface area contributed by atoms with Gasteiger partial charge >= 0.3 is 12.2 Å². The maximum absolute atomic E-state index is 14.8. The predicted octanol–water partition coefficient (Wildman–Crippen LogP) is 8.29. The second-order valence-corrected chi connectivity index (χ2v) is 17.1. The fourth-order valence-corrected chi connectivity index (χ4v) is 11.7. The highest BCUT2D eigenvalue weighted by Gasteiger charge is 2.74. The molecule has 0 radical (unpaired) electrons. The number of alkyl halides is 3. The first-order valence-corrected chi connectivity index (χ1v) is 19.2. The van der Waals surface area contributed by atoms with E-state index in [0.717, 1.165) is 24.1 Å². The lowest BCUT2D eigenvalue weighted by Crippen LogP contribution is -2.67. The Hall–Kier alpha value is -3.47. The van der Waals surface area contributed by atoms with Gasteiger partial charge in [0.15, 0.2) is 5.78 Å². The topological polar surface area (TPSA) is 99.1 Å². The van der Waals surface area contributed by atoms with Gasteiger partial charge < -0.3 is 25.2 Å². The number of ketones is 1. The number of aliphatic hydroxyl groups is 2. The van der Waals surface area contributed by atoms with Crippen LogP contribution in [0.4, 0.5) is 18.0 Å². The van der Waals surface area contributed by atoms with E-state index >= 15 is 0 Å². The molecule has 53 heavy (non-hydrogen) atoms. The number of nitrogens with zero attached hydrogens (tertiary/aromatic N) is 1. The number of urea groups is 1. The van der Waals surface area contributed by atoms with Crippen LogP contribution < -0.4 is 5.32 Å². The van der Waals surface area contributed by atoms with Gasteiger partial charge in [0.2, 0.25) is 0 Å². The van der Waals surface area contributed by atoms with E-state index in [1.54, 1.807) is 12.0 Å². The molecule has 3 N–H and O–H groups in total. The second kappa shape index (κ2) is 13.4. The lowest BCUT2D eigenvalue weighted by atomic mass is 9.32. The Kier molecular flexibility index (Phi) is 9.55. The number of fused-ring (bicyclic) bond motifs is 1. The Bertz CT molecular complexity index is 1800. The summed E-state index contributed by atoms with van der Waals surface area (Å²) in [5.41, 5.74) is -3.20. The number of halogens is 3. The molecule has 2 spiro atoms. The zero-order valence-electron chi connectivity index (χ0n) is 31.2. The molecule has 6 aliphatic rings. The van der Waals surface area contributed by atoms with Crippen molar-refractivity contribution in [3.05, 3.63) is 95.1 Å². The Morgan fingerprint density at radius 1 is 0.981 bits per heavy atom. The summed E-state index contributed by atoms with van der Waals surface area (Å²) in [6, 6.07) is 13.9. The predicted molar refractivity (Wildman–Crippen MR) is 196 cm³/mol. The number of hydrogen-bond acceptors (Lipinski definition) is 5. The summed E-state index contributed by atoms with van der Waals surface area (Å²) in [5.74, 6) is -0.664. The Balaban J connectivity index is 1.27. The van der Waals surface area contributed by atoms with E-state index in [1.165, 1.54) is 12.1 Å².